The molecule has 1 aliphatic carbocycles. The van der Waals surface area contributed by atoms with E-state index in [1.807, 2.05) is 0 Å². The Morgan fingerprint density at radius 3 is 2.60 bits per heavy atom. The molecule has 0 radical (unpaired) electrons. The Morgan fingerprint density at radius 2 is 2.07 bits per heavy atom. The Bertz CT molecular complexity index is 400. The molecular formula is C10H11F2N3. The SMILES string of the molecule is NNC(=NC1CC1)c1ccc(F)c(F)c1. The molecule has 0 atom stereocenters. The molecule has 0 amide bonds. The number of nitrogens with two attached hydrogens (primary N) is 1. The smallest absolute Gasteiger partial charge is 0.159 e. The van der Waals surface area contributed by atoms with Gasteiger partial charge in [-0.25, -0.2) is 14.6 Å². The maximum Gasteiger partial charge on any atom is 0.159 e. The Balaban J connectivity index is 2.29. The molecule has 2 rings (SSSR count). The molecule has 0 unspecified atom stereocenters. The topological polar surface area (TPSA) is 50.4 Å². The molecule has 0 heterocycles. The number of halogens is 2. The van der Waals surface area contributed by atoms with Crippen molar-refractivity contribution < 1.29 is 8.78 Å². The number of hydrazine groups is 1. The second-order valence-electron chi connectivity index (χ2n) is 3.48. The summed E-state index contributed by atoms with van der Waals surface area (Å²) in [5.41, 5.74) is 2.86. The van der Waals surface area contributed by atoms with E-state index in [9.17, 15) is 8.78 Å². The highest BCUT2D eigenvalue weighted by molar-refractivity contribution is 5.98. The number of amidine groups is 1. The lowest BCUT2D eigenvalue weighted by atomic mass is 10.2. The summed E-state index contributed by atoms with van der Waals surface area (Å²) < 4.78 is 25.6. The van der Waals surface area contributed by atoms with Crippen molar-refractivity contribution in [3.05, 3.63) is 35.4 Å². The van der Waals surface area contributed by atoms with Gasteiger partial charge in [-0.2, -0.15) is 0 Å². The van der Waals surface area contributed by atoms with E-state index >= 15 is 0 Å². The third kappa shape index (κ3) is 2.30. The second-order valence-corrected chi connectivity index (χ2v) is 3.48. The van der Waals surface area contributed by atoms with Gasteiger partial charge in [0, 0.05) is 5.56 Å². The van der Waals surface area contributed by atoms with Crippen LogP contribution in [0.2, 0.25) is 0 Å². The van der Waals surface area contributed by atoms with E-state index < -0.39 is 11.6 Å². The van der Waals surface area contributed by atoms with Crippen molar-refractivity contribution in [3.63, 3.8) is 0 Å². The molecule has 1 fully saturated rings. The Kier molecular flexibility index (Phi) is 2.64. The molecule has 3 N–H and O–H groups in total. The van der Waals surface area contributed by atoms with E-state index in [1.54, 1.807) is 0 Å². The van der Waals surface area contributed by atoms with Gasteiger partial charge in [-0.05, 0) is 31.0 Å². The van der Waals surface area contributed by atoms with Crippen LogP contribution < -0.4 is 11.3 Å². The lowest BCUT2D eigenvalue weighted by Crippen LogP contribution is -2.31. The van der Waals surface area contributed by atoms with Crippen molar-refractivity contribution in [2.24, 2.45) is 10.8 Å². The predicted molar refractivity (Wildman–Crippen MR) is 53.2 cm³/mol. The highest BCUT2D eigenvalue weighted by Gasteiger charge is 2.21. The number of benzene rings is 1. The van der Waals surface area contributed by atoms with Crippen LogP contribution in [-0.2, 0) is 0 Å². The van der Waals surface area contributed by atoms with E-state index in [0.29, 0.717) is 11.4 Å². The van der Waals surface area contributed by atoms with Gasteiger partial charge in [0.2, 0.25) is 0 Å². The van der Waals surface area contributed by atoms with Crippen molar-refractivity contribution in [1.29, 1.82) is 0 Å². The number of aliphatic imine (C=N–C) groups is 1. The minimum Gasteiger partial charge on any atom is -0.308 e. The monoisotopic (exact) mass is 211 g/mol. The Labute approximate surface area is 86.0 Å². The van der Waals surface area contributed by atoms with Gasteiger partial charge in [0.25, 0.3) is 0 Å². The zero-order chi connectivity index (χ0) is 10.8. The summed E-state index contributed by atoms with van der Waals surface area (Å²) in [5.74, 6) is 3.90. The largest absolute Gasteiger partial charge is 0.308 e. The summed E-state index contributed by atoms with van der Waals surface area (Å²) in [6.07, 6.45) is 2.05. The normalized spacial score (nSPS) is 16.6. The maximum atomic E-state index is 12.9. The van der Waals surface area contributed by atoms with Crippen molar-refractivity contribution in [2.75, 3.05) is 0 Å². The maximum absolute atomic E-state index is 12.9. The van der Waals surface area contributed by atoms with Gasteiger partial charge in [0.15, 0.2) is 11.6 Å². The fraction of sp³-hybridized carbons (Fsp3) is 0.300. The number of hydrogen-bond donors (Lipinski definition) is 2. The molecule has 1 aromatic rings. The summed E-state index contributed by atoms with van der Waals surface area (Å²) in [4.78, 5) is 4.24. The van der Waals surface area contributed by atoms with Crippen molar-refractivity contribution in [3.8, 4) is 0 Å². The van der Waals surface area contributed by atoms with E-state index in [2.05, 4.69) is 10.4 Å². The van der Waals surface area contributed by atoms with Crippen LogP contribution >= 0.6 is 0 Å². The van der Waals surface area contributed by atoms with E-state index in [4.69, 9.17) is 5.84 Å². The molecule has 0 aliphatic heterocycles. The fourth-order valence-electron chi connectivity index (χ4n) is 1.22. The summed E-state index contributed by atoms with van der Waals surface area (Å²) in [5, 5.41) is 0. The average molecular weight is 211 g/mol. The summed E-state index contributed by atoms with van der Waals surface area (Å²) in [6, 6.07) is 3.85. The van der Waals surface area contributed by atoms with Crippen molar-refractivity contribution in [1.82, 2.24) is 5.43 Å². The standard InChI is InChI=1S/C10H11F2N3/c11-8-4-1-6(5-9(8)12)10(15-13)14-7-2-3-7/h1,4-5,7H,2-3,13H2,(H,14,15). The van der Waals surface area contributed by atoms with Gasteiger partial charge in [-0.3, -0.25) is 4.99 Å². The molecular weight excluding hydrogens is 200 g/mol. The zero-order valence-corrected chi connectivity index (χ0v) is 8.00. The second kappa shape index (κ2) is 3.94. The number of nitrogens with zero attached hydrogens (tertiary/aromatic N) is 1. The minimum absolute atomic E-state index is 0.268. The fourth-order valence-corrected chi connectivity index (χ4v) is 1.22. The third-order valence-corrected chi connectivity index (χ3v) is 2.19. The van der Waals surface area contributed by atoms with Crippen LogP contribution in [0.5, 0.6) is 0 Å². The molecule has 0 saturated heterocycles. The number of hydrogen-bond acceptors (Lipinski definition) is 2. The van der Waals surface area contributed by atoms with Gasteiger partial charge >= 0.3 is 0 Å². The van der Waals surface area contributed by atoms with Crippen LogP contribution in [-0.4, -0.2) is 11.9 Å². The predicted octanol–water partition coefficient (Wildman–Crippen LogP) is 1.34. The molecule has 15 heavy (non-hydrogen) atoms. The van der Waals surface area contributed by atoms with Gasteiger partial charge in [0.05, 0.1) is 6.04 Å². The van der Waals surface area contributed by atoms with Crippen LogP contribution in [0, 0.1) is 11.6 Å². The molecule has 1 aromatic carbocycles. The van der Waals surface area contributed by atoms with Crippen molar-refractivity contribution >= 4 is 5.84 Å². The van der Waals surface area contributed by atoms with Gasteiger partial charge in [-0.1, -0.05) is 0 Å². The first-order chi connectivity index (χ1) is 7.20. The highest BCUT2D eigenvalue weighted by atomic mass is 19.2. The molecule has 1 aliphatic rings. The first-order valence-electron chi connectivity index (χ1n) is 4.70. The lowest BCUT2D eigenvalue weighted by molar-refractivity contribution is 0.508. The molecule has 3 nitrogen and oxygen atoms in total. The first-order valence-corrected chi connectivity index (χ1v) is 4.70. The van der Waals surface area contributed by atoms with E-state index in [1.165, 1.54) is 6.07 Å². The van der Waals surface area contributed by atoms with Crippen LogP contribution in [0.3, 0.4) is 0 Å². The molecule has 0 bridgehead atoms. The lowest BCUT2D eigenvalue weighted by Gasteiger charge is -2.05. The summed E-state index contributed by atoms with van der Waals surface area (Å²) in [7, 11) is 0. The van der Waals surface area contributed by atoms with E-state index in [0.717, 1.165) is 25.0 Å². The van der Waals surface area contributed by atoms with Crippen LogP contribution in [0.4, 0.5) is 8.78 Å². The number of rotatable bonds is 2. The summed E-state index contributed by atoms with van der Waals surface area (Å²) in [6.45, 7) is 0. The Morgan fingerprint density at radius 1 is 1.33 bits per heavy atom. The first kappa shape index (κ1) is 10.0. The van der Waals surface area contributed by atoms with E-state index in [-0.39, 0.29) is 6.04 Å². The number of nitrogens with one attached hydrogen (secondary N) is 1. The van der Waals surface area contributed by atoms with Gasteiger partial charge in [0.1, 0.15) is 5.84 Å². The van der Waals surface area contributed by atoms with Gasteiger partial charge < -0.3 is 5.43 Å². The average Bonchev–Trinajstić information content (AvgIpc) is 3.02. The molecule has 5 heteroatoms. The Hall–Kier alpha value is -1.49. The van der Waals surface area contributed by atoms with Crippen LogP contribution in [0.15, 0.2) is 23.2 Å². The van der Waals surface area contributed by atoms with Crippen molar-refractivity contribution in [2.45, 2.75) is 18.9 Å². The molecule has 0 aromatic heterocycles. The molecule has 80 valence electrons. The highest BCUT2D eigenvalue weighted by Crippen LogP contribution is 2.24. The summed E-state index contributed by atoms with van der Waals surface area (Å²) >= 11 is 0. The minimum atomic E-state index is -0.897. The molecule has 0 spiro atoms. The van der Waals surface area contributed by atoms with Crippen LogP contribution in [0.1, 0.15) is 18.4 Å². The third-order valence-electron chi connectivity index (χ3n) is 2.19. The quantitative estimate of drug-likeness (QED) is 0.335. The van der Waals surface area contributed by atoms with Gasteiger partial charge in [-0.15, -0.1) is 0 Å². The zero-order valence-electron chi connectivity index (χ0n) is 8.00. The van der Waals surface area contributed by atoms with Crippen LogP contribution in [0.25, 0.3) is 0 Å². The molecule has 1 saturated carbocycles.